The molecule has 0 aliphatic carbocycles. The number of carbonyl (C=O) groups is 2. The van der Waals surface area contributed by atoms with Gasteiger partial charge in [-0.1, -0.05) is 24.3 Å². The van der Waals surface area contributed by atoms with E-state index in [0.29, 0.717) is 6.54 Å². The molecule has 6 nitrogen and oxygen atoms in total. The molecule has 2 aliphatic rings. The van der Waals surface area contributed by atoms with Crippen LogP contribution in [-0.4, -0.2) is 47.3 Å². The number of hydrogen-bond acceptors (Lipinski definition) is 4. The molecule has 0 saturated carbocycles. The predicted molar refractivity (Wildman–Crippen MR) is 84.1 cm³/mol. The zero-order valence-electron chi connectivity index (χ0n) is 13.1. The summed E-state index contributed by atoms with van der Waals surface area (Å²) in [5.74, 6) is -0.810. The lowest BCUT2D eigenvalue weighted by Crippen LogP contribution is -2.34. The Morgan fingerprint density at radius 1 is 1.22 bits per heavy atom. The number of carboxylic acid groups (broad SMARTS) is 1. The van der Waals surface area contributed by atoms with Crippen molar-refractivity contribution in [2.75, 3.05) is 19.6 Å². The lowest BCUT2D eigenvalue weighted by Gasteiger charge is -2.25. The Bertz CT molecular complexity index is 587. The summed E-state index contributed by atoms with van der Waals surface area (Å²) in [6.45, 7) is 3.33. The van der Waals surface area contributed by atoms with Crippen LogP contribution in [0.1, 0.15) is 30.4 Å². The molecule has 0 aromatic heterocycles. The second-order valence-electron chi connectivity index (χ2n) is 6.44. The van der Waals surface area contributed by atoms with Gasteiger partial charge >= 0.3 is 12.1 Å². The van der Waals surface area contributed by atoms with E-state index in [1.165, 1.54) is 5.56 Å². The van der Waals surface area contributed by atoms with Gasteiger partial charge in [-0.05, 0) is 30.5 Å². The lowest BCUT2D eigenvalue weighted by molar-refractivity contribution is -0.136. The van der Waals surface area contributed by atoms with Crippen molar-refractivity contribution in [3.8, 4) is 0 Å². The minimum Gasteiger partial charge on any atom is -0.481 e. The molecular formula is C17H22N2O4. The van der Waals surface area contributed by atoms with Crippen LogP contribution in [-0.2, 0) is 22.5 Å². The van der Waals surface area contributed by atoms with Gasteiger partial charge in [0.1, 0.15) is 5.60 Å². The van der Waals surface area contributed by atoms with E-state index < -0.39 is 5.97 Å². The number of aliphatic carboxylic acids is 1. The maximum atomic E-state index is 11.3. The first kappa shape index (κ1) is 15.8. The highest BCUT2D eigenvalue weighted by Gasteiger charge is 2.41. The van der Waals surface area contributed by atoms with Crippen LogP contribution in [0.25, 0.3) is 0 Å². The van der Waals surface area contributed by atoms with Crippen LogP contribution in [0.3, 0.4) is 0 Å². The highest BCUT2D eigenvalue weighted by molar-refractivity contribution is 5.70. The van der Waals surface area contributed by atoms with Crippen LogP contribution in [0.5, 0.6) is 0 Å². The van der Waals surface area contributed by atoms with Gasteiger partial charge in [0, 0.05) is 19.5 Å². The van der Waals surface area contributed by atoms with Gasteiger partial charge < -0.3 is 15.2 Å². The van der Waals surface area contributed by atoms with E-state index in [9.17, 15) is 9.59 Å². The molecule has 2 saturated heterocycles. The Morgan fingerprint density at radius 2 is 1.96 bits per heavy atom. The van der Waals surface area contributed by atoms with Crippen LogP contribution in [0.4, 0.5) is 4.79 Å². The van der Waals surface area contributed by atoms with Gasteiger partial charge in [0.05, 0.1) is 13.0 Å². The third-order valence-corrected chi connectivity index (χ3v) is 4.64. The molecule has 0 radical (unpaired) electrons. The first-order chi connectivity index (χ1) is 11.0. The summed E-state index contributed by atoms with van der Waals surface area (Å²) in [5, 5.41) is 11.6. The summed E-state index contributed by atoms with van der Waals surface area (Å²) >= 11 is 0. The Hall–Kier alpha value is -2.08. The standard InChI is InChI=1S/C17H22N2O4/c20-15(21)10-13-2-4-14(5-3-13)11-19-8-1-6-17(7-9-19)12-18-16(22)23-17/h2-5H,1,6-12H2,(H,18,22)(H,20,21)/t17-/m1/s1. The number of likely N-dealkylation sites (tertiary alicyclic amines) is 1. The van der Waals surface area contributed by atoms with E-state index in [2.05, 4.69) is 10.2 Å². The van der Waals surface area contributed by atoms with E-state index in [-0.39, 0.29) is 18.1 Å². The number of benzene rings is 1. The van der Waals surface area contributed by atoms with Crippen LogP contribution < -0.4 is 5.32 Å². The number of hydrogen-bond donors (Lipinski definition) is 2. The molecule has 2 aliphatic heterocycles. The fourth-order valence-corrected chi connectivity index (χ4v) is 3.36. The molecule has 1 aromatic rings. The fourth-order valence-electron chi connectivity index (χ4n) is 3.36. The number of ether oxygens (including phenoxy) is 1. The molecule has 0 unspecified atom stereocenters. The highest BCUT2D eigenvalue weighted by Crippen LogP contribution is 2.29. The molecule has 1 aromatic carbocycles. The lowest BCUT2D eigenvalue weighted by atomic mass is 9.95. The van der Waals surface area contributed by atoms with Crippen molar-refractivity contribution in [2.45, 2.75) is 37.8 Å². The quantitative estimate of drug-likeness (QED) is 0.885. The van der Waals surface area contributed by atoms with E-state index in [4.69, 9.17) is 9.84 Å². The van der Waals surface area contributed by atoms with Crippen LogP contribution >= 0.6 is 0 Å². The SMILES string of the molecule is O=C(O)Cc1ccc(CN2CCC[C@@]3(CC2)CNC(=O)O3)cc1. The zero-order valence-corrected chi connectivity index (χ0v) is 13.1. The fraction of sp³-hybridized carbons (Fsp3) is 0.529. The van der Waals surface area contributed by atoms with E-state index in [1.807, 2.05) is 24.3 Å². The third kappa shape index (κ3) is 4.01. The molecule has 2 heterocycles. The Labute approximate surface area is 135 Å². The smallest absolute Gasteiger partial charge is 0.407 e. The second kappa shape index (κ2) is 6.58. The molecule has 1 spiro atoms. The summed E-state index contributed by atoms with van der Waals surface area (Å²) in [6, 6.07) is 7.75. The number of alkyl carbamates (subject to hydrolysis) is 1. The number of nitrogens with one attached hydrogen (secondary N) is 1. The summed E-state index contributed by atoms with van der Waals surface area (Å²) in [5.41, 5.74) is 1.67. The van der Waals surface area contributed by atoms with Crippen molar-refractivity contribution < 1.29 is 19.4 Å². The monoisotopic (exact) mass is 318 g/mol. The van der Waals surface area contributed by atoms with Gasteiger partial charge in [-0.15, -0.1) is 0 Å². The van der Waals surface area contributed by atoms with Gasteiger partial charge in [0.2, 0.25) is 0 Å². The maximum Gasteiger partial charge on any atom is 0.407 e. The molecule has 124 valence electrons. The molecule has 0 bridgehead atoms. The van der Waals surface area contributed by atoms with E-state index >= 15 is 0 Å². The maximum absolute atomic E-state index is 11.3. The first-order valence-electron chi connectivity index (χ1n) is 8.04. The largest absolute Gasteiger partial charge is 0.481 e. The molecule has 2 N–H and O–H groups in total. The number of rotatable bonds is 4. The second-order valence-corrected chi connectivity index (χ2v) is 6.44. The van der Waals surface area contributed by atoms with Crippen molar-refractivity contribution in [3.05, 3.63) is 35.4 Å². The van der Waals surface area contributed by atoms with Crippen molar-refractivity contribution >= 4 is 12.1 Å². The molecule has 1 amide bonds. The Kier molecular flexibility index (Phi) is 4.52. The minimum atomic E-state index is -0.810. The van der Waals surface area contributed by atoms with Crippen LogP contribution in [0.15, 0.2) is 24.3 Å². The minimum absolute atomic E-state index is 0.0604. The van der Waals surface area contributed by atoms with E-state index in [0.717, 1.165) is 44.5 Å². The van der Waals surface area contributed by atoms with Crippen molar-refractivity contribution in [3.63, 3.8) is 0 Å². The third-order valence-electron chi connectivity index (χ3n) is 4.64. The zero-order chi connectivity index (χ0) is 16.3. The van der Waals surface area contributed by atoms with Gasteiger partial charge in [0.25, 0.3) is 0 Å². The van der Waals surface area contributed by atoms with Gasteiger partial charge in [-0.2, -0.15) is 0 Å². The Morgan fingerprint density at radius 3 is 2.61 bits per heavy atom. The summed E-state index contributed by atoms with van der Waals surface area (Å²) in [7, 11) is 0. The van der Waals surface area contributed by atoms with Gasteiger partial charge in [-0.3, -0.25) is 9.69 Å². The number of amides is 1. The number of nitrogens with zero attached hydrogens (tertiary/aromatic N) is 1. The average molecular weight is 318 g/mol. The molecule has 1 atom stereocenters. The topological polar surface area (TPSA) is 78.9 Å². The Balaban J connectivity index is 1.56. The normalized spacial score (nSPS) is 25.0. The first-order valence-corrected chi connectivity index (χ1v) is 8.04. The van der Waals surface area contributed by atoms with Gasteiger partial charge in [-0.25, -0.2) is 4.79 Å². The summed E-state index contributed by atoms with van der Waals surface area (Å²) in [6.07, 6.45) is 2.52. The molecule has 3 rings (SSSR count). The average Bonchev–Trinajstić information content (AvgIpc) is 2.76. The molecular weight excluding hydrogens is 296 g/mol. The van der Waals surface area contributed by atoms with E-state index in [1.54, 1.807) is 0 Å². The van der Waals surface area contributed by atoms with Crippen molar-refractivity contribution in [1.82, 2.24) is 10.2 Å². The van der Waals surface area contributed by atoms with Crippen LogP contribution in [0.2, 0.25) is 0 Å². The predicted octanol–water partition coefficient (Wildman–Crippen LogP) is 1.78. The summed E-state index contributed by atoms with van der Waals surface area (Å²) in [4.78, 5) is 24.4. The van der Waals surface area contributed by atoms with Crippen LogP contribution in [0, 0.1) is 0 Å². The van der Waals surface area contributed by atoms with Gasteiger partial charge in [0.15, 0.2) is 0 Å². The summed E-state index contributed by atoms with van der Waals surface area (Å²) < 4.78 is 5.49. The van der Waals surface area contributed by atoms with Crippen molar-refractivity contribution in [1.29, 1.82) is 0 Å². The highest BCUT2D eigenvalue weighted by atomic mass is 16.6. The van der Waals surface area contributed by atoms with Crippen molar-refractivity contribution in [2.24, 2.45) is 0 Å². The molecule has 23 heavy (non-hydrogen) atoms. The number of carboxylic acids is 1. The molecule has 6 heteroatoms. The molecule has 2 fully saturated rings. The number of carbonyl (C=O) groups excluding carboxylic acids is 1.